The number of likely N-dealkylation sites (N-methyl/N-ethyl adjacent to an activating group) is 1. The molecular weight excluding hydrogens is 280 g/mol. The lowest BCUT2D eigenvalue weighted by Crippen LogP contribution is -3.00. The smallest absolute Gasteiger partial charge is 0.241 e. The summed E-state index contributed by atoms with van der Waals surface area (Å²) in [5.41, 5.74) is 0. The second kappa shape index (κ2) is 6.70. The van der Waals surface area contributed by atoms with Gasteiger partial charge in [0.15, 0.2) is 0 Å². The van der Waals surface area contributed by atoms with E-state index in [2.05, 4.69) is 4.72 Å². The van der Waals surface area contributed by atoms with Crippen molar-refractivity contribution in [2.45, 2.75) is 18.7 Å². The normalized spacial score (nSPS) is 11.6. The van der Waals surface area contributed by atoms with Crippen LogP contribution in [0.2, 0.25) is 0 Å². The highest BCUT2D eigenvalue weighted by molar-refractivity contribution is 7.89. The number of nitrogens with one attached hydrogen (secondary N) is 1. The van der Waals surface area contributed by atoms with Gasteiger partial charge in [0.05, 0.1) is 4.90 Å². The maximum atomic E-state index is 11.9. The van der Waals surface area contributed by atoms with Crippen LogP contribution in [0.5, 0.6) is 0 Å². The Morgan fingerprint density at radius 2 is 1.94 bits per heavy atom. The van der Waals surface area contributed by atoms with E-state index in [-0.39, 0.29) is 12.4 Å². The maximum Gasteiger partial charge on any atom is 0.241 e. The number of sulfonamides is 1. The fourth-order valence-electron chi connectivity index (χ4n) is 1.36. The zero-order valence-electron chi connectivity index (χ0n) is 10.4. The maximum absolute atomic E-state index is 11.9. The lowest BCUT2D eigenvalue weighted by Gasteiger charge is -2.10. The van der Waals surface area contributed by atoms with Crippen LogP contribution in [0.25, 0.3) is 0 Å². The van der Waals surface area contributed by atoms with Crippen molar-refractivity contribution < 1.29 is 20.8 Å². The van der Waals surface area contributed by atoms with Crippen LogP contribution in [0, 0.1) is 13.8 Å². The van der Waals surface area contributed by atoms with Gasteiger partial charge in [0.25, 0.3) is 0 Å². The van der Waals surface area contributed by atoms with Gasteiger partial charge >= 0.3 is 0 Å². The number of rotatable bonds is 5. The number of hydrogen-bond acceptors (Lipinski definition) is 4. The van der Waals surface area contributed by atoms with Crippen LogP contribution >= 0.6 is 11.3 Å². The molecule has 0 aromatic carbocycles. The van der Waals surface area contributed by atoms with Gasteiger partial charge in [0.1, 0.15) is 0 Å². The topological polar surface area (TPSA) is 49.4 Å². The monoisotopic (exact) mass is 297 g/mol. The van der Waals surface area contributed by atoms with Crippen LogP contribution in [-0.2, 0) is 10.0 Å². The molecule has 1 aromatic rings. The SMILES string of the molecule is Cc1cc(S(=O)(=O)NCCN(C)C)c(C)s1.[Cl-]. The average Bonchev–Trinajstić information content (AvgIpc) is 2.44. The Hall–Kier alpha value is -0.140. The van der Waals surface area contributed by atoms with E-state index in [4.69, 9.17) is 0 Å². The van der Waals surface area contributed by atoms with Crippen molar-refractivity contribution in [1.82, 2.24) is 9.62 Å². The van der Waals surface area contributed by atoms with Crippen molar-refractivity contribution in [2.24, 2.45) is 0 Å². The van der Waals surface area contributed by atoms with E-state index in [1.54, 1.807) is 6.07 Å². The minimum Gasteiger partial charge on any atom is -1.00 e. The Morgan fingerprint density at radius 1 is 1.35 bits per heavy atom. The fraction of sp³-hybridized carbons (Fsp3) is 0.600. The number of halogens is 1. The van der Waals surface area contributed by atoms with Crippen LogP contribution in [0.4, 0.5) is 0 Å². The van der Waals surface area contributed by atoms with Crippen molar-refractivity contribution in [1.29, 1.82) is 0 Å². The molecule has 0 aliphatic heterocycles. The molecule has 0 aliphatic rings. The highest BCUT2D eigenvalue weighted by atomic mass is 35.5. The number of hydrogen-bond donors (Lipinski definition) is 1. The van der Waals surface area contributed by atoms with E-state index in [1.807, 2.05) is 32.8 Å². The first kappa shape index (κ1) is 16.9. The van der Waals surface area contributed by atoms with Gasteiger partial charge in [-0.2, -0.15) is 0 Å². The standard InChI is InChI=1S/C10H18N2O2S2.ClH/c1-8-7-10(9(2)15-8)16(13,14)11-5-6-12(3)4;/h7,11H,5-6H2,1-4H3;1H/p-1. The highest BCUT2D eigenvalue weighted by Gasteiger charge is 2.18. The van der Waals surface area contributed by atoms with Crippen molar-refractivity contribution in [3.05, 3.63) is 15.8 Å². The zero-order valence-corrected chi connectivity index (χ0v) is 12.8. The average molecular weight is 298 g/mol. The summed E-state index contributed by atoms with van der Waals surface area (Å²) in [6.07, 6.45) is 0. The van der Waals surface area contributed by atoms with Gasteiger partial charge in [-0.1, -0.05) is 0 Å². The second-order valence-corrected chi connectivity index (χ2v) is 7.17. The molecule has 0 spiro atoms. The minimum atomic E-state index is -3.33. The Labute approximate surface area is 113 Å². The molecule has 4 nitrogen and oxygen atoms in total. The molecule has 17 heavy (non-hydrogen) atoms. The highest BCUT2D eigenvalue weighted by Crippen LogP contribution is 2.24. The van der Waals surface area contributed by atoms with E-state index >= 15 is 0 Å². The Bertz CT molecular complexity index is 455. The van der Waals surface area contributed by atoms with Crippen molar-refractivity contribution in [3.8, 4) is 0 Å². The lowest BCUT2D eigenvalue weighted by molar-refractivity contribution is -0.00000611. The third kappa shape index (κ3) is 4.93. The molecule has 1 N–H and O–H groups in total. The van der Waals surface area contributed by atoms with E-state index in [1.165, 1.54) is 11.3 Å². The van der Waals surface area contributed by atoms with Crippen LogP contribution in [-0.4, -0.2) is 40.5 Å². The molecule has 1 rings (SSSR count). The second-order valence-electron chi connectivity index (χ2n) is 3.98. The molecule has 0 amide bonds. The van der Waals surface area contributed by atoms with Gasteiger partial charge in [0.2, 0.25) is 10.0 Å². The van der Waals surface area contributed by atoms with Gasteiger partial charge in [-0.25, -0.2) is 13.1 Å². The molecule has 0 fully saturated rings. The fourth-order valence-corrected chi connectivity index (χ4v) is 3.93. The molecular formula is C10H18ClN2O2S2-. The number of aryl methyl sites for hydroxylation is 2. The summed E-state index contributed by atoms with van der Waals surface area (Å²) >= 11 is 1.51. The van der Waals surface area contributed by atoms with Gasteiger partial charge in [-0.05, 0) is 34.0 Å². The number of thiophene rings is 1. The summed E-state index contributed by atoms with van der Waals surface area (Å²) in [6.45, 7) is 4.87. The van der Waals surface area contributed by atoms with E-state index in [0.29, 0.717) is 18.0 Å². The molecule has 1 aromatic heterocycles. The molecule has 100 valence electrons. The van der Waals surface area contributed by atoms with Crippen LogP contribution in [0.3, 0.4) is 0 Å². The Morgan fingerprint density at radius 3 is 2.35 bits per heavy atom. The predicted molar refractivity (Wildman–Crippen MR) is 67.5 cm³/mol. The quantitative estimate of drug-likeness (QED) is 0.698. The van der Waals surface area contributed by atoms with Crippen molar-refractivity contribution in [3.63, 3.8) is 0 Å². The summed E-state index contributed by atoms with van der Waals surface area (Å²) in [7, 11) is 0.490. The molecule has 0 bridgehead atoms. The largest absolute Gasteiger partial charge is 1.00 e. The summed E-state index contributed by atoms with van der Waals surface area (Å²) in [6, 6.07) is 1.72. The van der Waals surface area contributed by atoms with Crippen LogP contribution in [0.15, 0.2) is 11.0 Å². The van der Waals surface area contributed by atoms with E-state index in [9.17, 15) is 8.42 Å². The molecule has 1 heterocycles. The first-order valence-corrected chi connectivity index (χ1v) is 7.34. The third-order valence-corrected chi connectivity index (χ3v) is 4.82. The molecule has 0 radical (unpaired) electrons. The first-order valence-electron chi connectivity index (χ1n) is 5.04. The molecule has 7 heteroatoms. The Kier molecular flexibility index (Phi) is 6.65. The summed E-state index contributed by atoms with van der Waals surface area (Å²) in [5.74, 6) is 0. The molecule has 0 atom stereocenters. The lowest BCUT2D eigenvalue weighted by atomic mass is 10.4. The van der Waals surface area contributed by atoms with Crippen LogP contribution < -0.4 is 17.1 Å². The van der Waals surface area contributed by atoms with Gasteiger partial charge in [-0.15, -0.1) is 11.3 Å². The van der Waals surface area contributed by atoms with Crippen LogP contribution in [0.1, 0.15) is 9.75 Å². The first-order chi connectivity index (χ1) is 7.33. The van der Waals surface area contributed by atoms with Crippen molar-refractivity contribution >= 4 is 21.4 Å². The molecule has 0 unspecified atom stereocenters. The zero-order chi connectivity index (χ0) is 12.3. The summed E-state index contributed by atoms with van der Waals surface area (Å²) in [4.78, 5) is 4.21. The predicted octanol–water partition coefficient (Wildman–Crippen LogP) is -1.79. The number of nitrogens with zero attached hydrogens (tertiary/aromatic N) is 1. The summed E-state index contributed by atoms with van der Waals surface area (Å²) in [5, 5.41) is 0. The van der Waals surface area contributed by atoms with E-state index < -0.39 is 10.0 Å². The van der Waals surface area contributed by atoms with Gasteiger partial charge in [0, 0.05) is 22.8 Å². The molecule has 0 aliphatic carbocycles. The van der Waals surface area contributed by atoms with Crippen molar-refractivity contribution in [2.75, 3.05) is 27.2 Å². The Balaban J connectivity index is 0.00000256. The molecule has 0 saturated heterocycles. The van der Waals surface area contributed by atoms with E-state index in [0.717, 1.165) is 9.75 Å². The minimum absolute atomic E-state index is 0. The molecule has 0 saturated carbocycles. The van der Waals surface area contributed by atoms with Gasteiger partial charge < -0.3 is 17.3 Å². The summed E-state index contributed by atoms with van der Waals surface area (Å²) < 4.78 is 26.4. The van der Waals surface area contributed by atoms with Gasteiger partial charge in [-0.3, -0.25) is 0 Å². The third-order valence-electron chi connectivity index (χ3n) is 2.14.